The molecule has 0 unspecified atom stereocenters. The molecule has 0 aromatic heterocycles. The van der Waals surface area contributed by atoms with E-state index in [9.17, 15) is 14.0 Å². The topological polar surface area (TPSA) is 58.6 Å². The monoisotopic (exact) mass is 342 g/mol. The zero-order valence-corrected chi connectivity index (χ0v) is 13.9. The van der Waals surface area contributed by atoms with Crippen LogP contribution < -0.4 is 15.0 Å². The Morgan fingerprint density at radius 2 is 1.92 bits per heavy atom. The van der Waals surface area contributed by atoms with Gasteiger partial charge in [0.2, 0.25) is 5.91 Å². The second-order valence-corrected chi connectivity index (χ2v) is 5.87. The fourth-order valence-electron chi connectivity index (χ4n) is 2.76. The Hall–Kier alpha value is -2.89. The summed E-state index contributed by atoms with van der Waals surface area (Å²) in [5.74, 6) is -0.184. The van der Waals surface area contributed by atoms with Crippen molar-refractivity contribution in [3.8, 4) is 5.75 Å². The van der Waals surface area contributed by atoms with Crippen LogP contribution in [0.3, 0.4) is 0 Å². The first-order chi connectivity index (χ1) is 12.0. The maximum atomic E-state index is 12.9. The lowest BCUT2D eigenvalue weighted by molar-refractivity contribution is -0.128. The Morgan fingerprint density at radius 3 is 2.64 bits per heavy atom. The van der Waals surface area contributed by atoms with Crippen molar-refractivity contribution < 1.29 is 18.7 Å². The Kier molecular flexibility index (Phi) is 4.97. The molecule has 2 aromatic rings. The standard InChI is InChI=1S/C19H19FN2O3/c1-13(23)22-12-18(25-17-5-3-2-4-16(17)22)19(24)21-11-10-14-6-8-15(20)9-7-14/h2-9,18H,10-12H2,1H3,(H,21,24)/t18-/m1/s1. The molecular weight excluding hydrogens is 323 g/mol. The number of para-hydroxylation sites is 2. The van der Waals surface area contributed by atoms with Gasteiger partial charge in [0.1, 0.15) is 11.6 Å². The number of nitrogens with zero attached hydrogens (tertiary/aromatic N) is 1. The summed E-state index contributed by atoms with van der Waals surface area (Å²) >= 11 is 0. The molecule has 5 nitrogen and oxygen atoms in total. The van der Waals surface area contributed by atoms with Crippen molar-refractivity contribution in [1.82, 2.24) is 5.32 Å². The molecule has 1 aliphatic heterocycles. The molecule has 0 saturated carbocycles. The lowest BCUT2D eigenvalue weighted by Gasteiger charge is -2.33. The number of fused-ring (bicyclic) bond motifs is 1. The number of carbonyl (C=O) groups is 2. The van der Waals surface area contributed by atoms with Crippen LogP contribution in [0.25, 0.3) is 0 Å². The molecule has 0 saturated heterocycles. The van der Waals surface area contributed by atoms with Gasteiger partial charge in [0.15, 0.2) is 6.10 Å². The first kappa shape index (κ1) is 17.0. The van der Waals surface area contributed by atoms with E-state index in [0.29, 0.717) is 24.4 Å². The molecule has 0 bridgehead atoms. The number of hydrogen-bond acceptors (Lipinski definition) is 3. The van der Waals surface area contributed by atoms with Crippen LogP contribution in [0.2, 0.25) is 0 Å². The summed E-state index contributed by atoms with van der Waals surface area (Å²) in [5, 5.41) is 2.81. The van der Waals surface area contributed by atoms with Crippen LogP contribution in [0.15, 0.2) is 48.5 Å². The van der Waals surface area contributed by atoms with Crippen molar-refractivity contribution in [3.05, 3.63) is 59.9 Å². The largest absolute Gasteiger partial charge is 0.477 e. The van der Waals surface area contributed by atoms with Crippen LogP contribution in [-0.2, 0) is 16.0 Å². The molecule has 2 amide bonds. The number of nitrogens with one attached hydrogen (secondary N) is 1. The predicted octanol–water partition coefficient (Wildman–Crippen LogP) is 2.30. The summed E-state index contributed by atoms with van der Waals surface area (Å²) in [5.41, 5.74) is 1.60. The molecule has 0 fully saturated rings. The van der Waals surface area contributed by atoms with E-state index in [1.54, 1.807) is 35.2 Å². The minimum absolute atomic E-state index is 0.139. The molecule has 1 N–H and O–H groups in total. The normalized spacial score (nSPS) is 15.9. The second kappa shape index (κ2) is 7.34. The summed E-state index contributed by atoms with van der Waals surface area (Å²) < 4.78 is 18.6. The second-order valence-electron chi connectivity index (χ2n) is 5.87. The van der Waals surface area contributed by atoms with Gasteiger partial charge >= 0.3 is 0 Å². The van der Waals surface area contributed by atoms with Gasteiger partial charge in [-0.1, -0.05) is 24.3 Å². The maximum Gasteiger partial charge on any atom is 0.262 e. The fourth-order valence-corrected chi connectivity index (χ4v) is 2.76. The summed E-state index contributed by atoms with van der Waals surface area (Å²) in [4.78, 5) is 25.8. The Labute approximate surface area is 145 Å². The average Bonchev–Trinajstić information content (AvgIpc) is 2.62. The first-order valence-electron chi connectivity index (χ1n) is 8.10. The highest BCUT2D eigenvalue weighted by atomic mass is 19.1. The highest BCUT2D eigenvalue weighted by Crippen LogP contribution is 2.33. The highest BCUT2D eigenvalue weighted by Gasteiger charge is 2.32. The molecule has 6 heteroatoms. The first-order valence-corrected chi connectivity index (χ1v) is 8.10. The summed E-state index contributed by atoms with van der Waals surface area (Å²) in [6.07, 6.45) is -0.168. The molecule has 3 rings (SSSR count). The van der Waals surface area contributed by atoms with Crippen molar-refractivity contribution in [1.29, 1.82) is 0 Å². The van der Waals surface area contributed by atoms with E-state index in [-0.39, 0.29) is 24.2 Å². The van der Waals surface area contributed by atoms with Gasteiger partial charge in [-0.15, -0.1) is 0 Å². The quantitative estimate of drug-likeness (QED) is 0.927. The number of rotatable bonds is 4. The Bertz CT molecular complexity index is 776. The number of ether oxygens (including phenoxy) is 1. The fraction of sp³-hybridized carbons (Fsp3) is 0.263. The van der Waals surface area contributed by atoms with Gasteiger partial charge in [-0.3, -0.25) is 9.59 Å². The zero-order chi connectivity index (χ0) is 17.8. The average molecular weight is 342 g/mol. The van der Waals surface area contributed by atoms with Crippen molar-refractivity contribution in [2.24, 2.45) is 0 Å². The van der Waals surface area contributed by atoms with E-state index in [1.807, 2.05) is 6.07 Å². The highest BCUT2D eigenvalue weighted by molar-refractivity contribution is 5.95. The number of carbonyl (C=O) groups excluding carboxylic acids is 2. The van der Waals surface area contributed by atoms with Gasteiger partial charge in [-0.05, 0) is 36.2 Å². The van der Waals surface area contributed by atoms with E-state index >= 15 is 0 Å². The Balaban J connectivity index is 1.61. The molecule has 130 valence electrons. The third kappa shape index (κ3) is 3.96. The van der Waals surface area contributed by atoms with Gasteiger partial charge in [0.05, 0.1) is 12.2 Å². The van der Waals surface area contributed by atoms with Gasteiger partial charge in [0, 0.05) is 13.5 Å². The van der Waals surface area contributed by atoms with E-state index in [4.69, 9.17) is 4.74 Å². The van der Waals surface area contributed by atoms with E-state index in [2.05, 4.69) is 5.32 Å². The van der Waals surface area contributed by atoms with Crippen LogP contribution in [0.4, 0.5) is 10.1 Å². The molecule has 2 aromatic carbocycles. The SMILES string of the molecule is CC(=O)N1C[C@H](C(=O)NCCc2ccc(F)cc2)Oc2ccccc21. The molecule has 0 spiro atoms. The lowest BCUT2D eigenvalue weighted by Crippen LogP contribution is -2.50. The van der Waals surface area contributed by atoms with Crippen molar-refractivity contribution in [2.75, 3.05) is 18.0 Å². The lowest BCUT2D eigenvalue weighted by atomic mass is 10.1. The molecule has 25 heavy (non-hydrogen) atoms. The summed E-state index contributed by atoms with van der Waals surface area (Å²) in [7, 11) is 0. The third-order valence-corrected chi connectivity index (χ3v) is 4.07. The molecule has 1 aliphatic rings. The molecule has 1 atom stereocenters. The van der Waals surface area contributed by atoms with Crippen LogP contribution in [0, 0.1) is 5.82 Å². The van der Waals surface area contributed by atoms with Gasteiger partial charge in [-0.2, -0.15) is 0 Å². The third-order valence-electron chi connectivity index (χ3n) is 4.07. The smallest absolute Gasteiger partial charge is 0.262 e. The van der Waals surface area contributed by atoms with E-state index < -0.39 is 6.10 Å². The van der Waals surface area contributed by atoms with Crippen molar-refractivity contribution in [3.63, 3.8) is 0 Å². The molecular formula is C19H19FN2O3. The van der Waals surface area contributed by atoms with Crippen LogP contribution >= 0.6 is 0 Å². The number of benzene rings is 2. The molecule has 0 aliphatic carbocycles. The predicted molar refractivity (Wildman–Crippen MR) is 92.0 cm³/mol. The van der Waals surface area contributed by atoms with Gasteiger partial charge < -0.3 is 15.0 Å². The summed E-state index contributed by atoms with van der Waals surface area (Å²) in [6, 6.07) is 13.3. The summed E-state index contributed by atoms with van der Waals surface area (Å²) in [6.45, 7) is 2.05. The van der Waals surface area contributed by atoms with E-state index in [1.165, 1.54) is 19.1 Å². The number of hydrogen-bond donors (Lipinski definition) is 1. The van der Waals surface area contributed by atoms with Crippen LogP contribution in [-0.4, -0.2) is 31.0 Å². The molecule has 1 heterocycles. The number of halogens is 1. The minimum atomic E-state index is -0.757. The van der Waals surface area contributed by atoms with Gasteiger partial charge in [-0.25, -0.2) is 4.39 Å². The van der Waals surface area contributed by atoms with Crippen molar-refractivity contribution >= 4 is 17.5 Å². The van der Waals surface area contributed by atoms with Crippen molar-refractivity contribution in [2.45, 2.75) is 19.4 Å². The Morgan fingerprint density at radius 1 is 1.20 bits per heavy atom. The number of amides is 2. The molecule has 0 radical (unpaired) electrons. The number of anilines is 1. The van der Waals surface area contributed by atoms with Crippen LogP contribution in [0.1, 0.15) is 12.5 Å². The minimum Gasteiger partial charge on any atom is -0.477 e. The maximum absolute atomic E-state index is 12.9. The van der Waals surface area contributed by atoms with Gasteiger partial charge in [0.25, 0.3) is 5.91 Å². The van der Waals surface area contributed by atoms with E-state index in [0.717, 1.165) is 5.56 Å². The zero-order valence-electron chi connectivity index (χ0n) is 13.9. The van der Waals surface area contributed by atoms with Crippen LogP contribution in [0.5, 0.6) is 5.75 Å².